The molecule has 1 atom stereocenters. The summed E-state index contributed by atoms with van der Waals surface area (Å²) in [6.45, 7) is 4.90. The van der Waals surface area contributed by atoms with E-state index in [0.29, 0.717) is 10.9 Å². The van der Waals surface area contributed by atoms with Gasteiger partial charge in [-0.2, -0.15) is 5.53 Å². The van der Waals surface area contributed by atoms with Crippen LogP contribution in [0.3, 0.4) is 0 Å². The number of carbonyl (C=O) groups is 1. The third-order valence-corrected chi connectivity index (χ3v) is 5.18. The van der Waals surface area contributed by atoms with E-state index in [1.165, 1.54) is 5.56 Å². The Hall–Kier alpha value is -1.86. The van der Waals surface area contributed by atoms with Gasteiger partial charge in [-0.25, -0.2) is 10.9 Å². The van der Waals surface area contributed by atoms with Crippen LogP contribution in [0.1, 0.15) is 27.0 Å². The van der Waals surface area contributed by atoms with E-state index in [-0.39, 0.29) is 5.91 Å². The summed E-state index contributed by atoms with van der Waals surface area (Å²) in [5, 5.41) is 3.38. The molecule has 1 saturated heterocycles. The number of rotatable bonds is 5. The minimum atomic E-state index is -0.0718. The van der Waals surface area contributed by atoms with Crippen LogP contribution < -0.4 is 21.7 Å². The molecule has 126 valence electrons. The van der Waals surface area contributed by atoms with E-state index in [4.69, 9.17) is 0 Å². The molecule has 1 unspecified atom stereocenters. The molecule has 6 heteroatoms. The lowest BCUT2D eigenvalue weighted by atomic mass is 10.1. The van der Waals surface area contributed by atoms with Crippen molar-refractivity contribution in [3.63, 3.8) is 0 Å². The van der Waals surface area contributed by atoms with Crippen LogP contribution in [-0.2, 0) is 5.75 Å². The topological polar surface area (TPSA) is 65.2 Å². The zero-order chi connectivity index (χ0) is 16.9. The zero-order valence-electron chi connectivity index (χ0n) is 13.8. The third kappa shape index (κ3) is 4.15. The highest BCUT2D eigenvalue weighted by atomic mass is 32.2. The minimum absolute atomic E-state index is 0.0718. The number of benzene rings is 2. The SMILES string of the molecule is Cc1cccc(C)c1NC(=O)c1ccc(CSC2CNNN2)cc1. The second-order valence-corrected chi connectivity index (χ2v) is 7.06. The summed E-state index contributed by atoms with van der Waals surface area (Å²) < 4.78 is 0. The number of anilines is 1. The minimum Gasteiger partial charge on any atom is -0.322 e. The van der Waals surface area contributed by atoms with E-state index in [0.717, 1.165) is 29.1 Å². The van der Waals surface area contributed by atoms with Crippen molar-refractivity contribution in [3.8, 4) is 0 Å². The molecule has 0 bridgehead atoms. The van der Waals surface area contributed by atoms with Gasteiger partial charge in [0.05, 0.1) is 5.37 Å². The summed E-state index contributed by atoms with van der Waals surface area (Å²) in [6.07, 6.45) is 0. The normalized spacial score (nSPS) is 17.0. The zero-order valence-corrected chi connectivity index (χ0v) is 14.7. The van der Waals surface area contributed by atoms with Gasteiger partial charge in [0.25, 0.3) is 5.91 Å². The van der Waals surface area contributed by atoms with Gasteiger partial charge in [0, 0.05) is 23.5 Å². The quantitative estimate of drug-likeness (QED) is 0.673. The van der Waals surface area contributed by atoms with E-state index in [1.54, 1.807) is 0 Å². The molecule has 1 fully saturated rings. The molecule has 2 aromatic carbocycles. The molecule has 1 heterocycles. The summed E-state index contributed by atoms with van der Waals surface area (Å²) in [7, 11) is 0. The van der Waals surface area contributed by atoms with Crippen LogP contribution in [0.2, 0.25) is 0 Å². The second-order valence-electron chi connectivity index (χ2n) is 5.87. The van der Waals surface area contributed by atoms with Gasteiger partial charge >= 0.3 is 0 Å². The summed E-state index contributed by atoms with van der Waals surface area (Å²) in [4.78, 5) is 12.5. The molecule has 0 aliphatic carbocycles. The average Bonchev–Trinajstić information content (AvgIpc) is 3.10. The summed E-state index contributed by atoms with van der Waals surface area (Å²) in [6, 6.07) is 13.8. The molecule has 1 aliphatic rings. The van der Waals surface area contributed by atoms with Crippen molar-refractivity contribution in [2.45, 2.75) is 25.0 Å². The number of para-hydroxylation sites is 1. The maximum atomic E-state index is 12.5. The summed E-state index contributed by atoms with van der Waals surface area (Å²) in [5.41, 5.74) is 14.0. The fraction of sp³-hybridized carbons (Fsp3) is 0.278. The highest BCUT2D eigenvalue weighted by molar-refractivity contribution is 7.99. The van der Waals surface area contributed by atoms with Crippen LogP contribution in [0.4, 0.5) is 5.69 Å². The van der Waals surface area contributed by atoms with Gasteiger partial charge in [0.2, 0.25) is 0 Å². The molecule has 1 amide bonds. The van der Waals surface area contributed by atoms with E-state index in [1.807, 2.05) is 68.1 Å². The Labute approximate surface area is 146 Å². The van der Waals surface area contributed by atoms with Gasteiger partial charge in [-0.3, -0.25) is 4.79 Å². The van der Waals surface area contributed by atoms with Gasteiger partial charge in [-0.15, -0.1) is 11.8 Å². The number of aryl methyl sites for hydroxylation is 2. The van der Waals surface area contributed by atoms with E-state index in [2.05, 4.69) is 21.7 Å². The molecule has 0 radical (unpaired) electrons. The first kappa shape index (κ1) is 17.0. The smallest absolute Gasteiger partial charge is 0.255 e. The Balaban J connectivity index is 1.61. The van der Waals surface area contributed by atoms with Crippen molar-refractivity contribution in [2.75, 3.05) is 11.9 Å². The van der Waals surface area contributed by atoms with Crippen molar-refractivity contribution >= 4 is 23.4 Å². The van der Waals surface area contributed by atoms with E-state index < -0.39 is 0 Å². The van der Waals surface area contributed by atoms with Gasteiger partial charge < -0.3 is 5.32 Å². The first-order valence-electron chi connectivity index (χ1n) is 7.95. The van der Waals surface area contributed by atoms with Crippen molar-refractivity contribution in [2.24, 2.45) is 0 Å². The first-order chi connectivity index (χ1) is 11.6. The Morgan fingerprint density at radius 3 is 2.50 bits per heavy atom. The number of hydrazine groups is 2. The van der Waals surface area contributed by atoms with E-state index in [9.17, 15) is 4.79 Å². The number of carbonyl (C=O) groups excluding carboxylic acids is 1. The molecule has 4 N–H and O–H groups in total. The van der Waals surface area contributed by atoms with Crippen LogP contribution >= 0.6 is 11.8 Å². The molecular formula is C18H22N4OS. The number of hydrogen-bond acceptors (Lipinski definition) is 5. The lowest BCUT2D eigenvalue weighted by Crippen LogP contribution is -2.32. The van der Waals surface area contributed by atoms with Crippen molar-refractivity contribution in [3.05, 3.63) is 64.7 Å². The molecular weight excluding hydrogens is 320 g/mol. The molecule has 1 aliphatic heterocycles. The van der Waals surface area contributed by atoms with Crippen LogP contribution in [0.15, 0.2) is 42.5 Å². The maximum Gasteiger partial charge on any atom is 0.255 e. The second kappa shape index (κ2) is 7.81. The van der Waals surface area contributed by atoms with Crippen molar-refractivity contribution in [1.82, 2.24) is 16.4 Å². The Morgan fingerprint density at radius 2 is 1.88 bits per heavy atom. The molecule has 5 nitrogen and oxygen atoms in total. The van der Waals surface area contributed by atoms with Crippen LogP contribution in [-0.4, -0.2) is 17.8 Å². The van der Waals surface area contributed by atoms with E-state index >= 15 is 0 Å². The monoisotopic (exact) mass is 342 g/mol. The summed E-state index contributed by atoms with van der Waals surface area (Å²) in [5.74, 6) is 0.831. The van der Waals surface area contributed by atoms with Crippen molar-refractivity contribution < 1.29 is 4.79 Å². The highest BCUT2D eigenvalue weighted by Gasteiger charge is 2.14. The Kier molecular flexibility index (Phi) is 5.52. The highest BCUT2D eigenvalue weighted by Crippen LogP contribution is 2.21. The molecule has 0 aromatic heterocycles. The Morgan fingerprint density at radius 1 is 1.17 bits per heavy atom. The predicted molar refractivity (Wildman–Crippen MR) is 99.7 cm³/mol. The fourth-order valence-corrected chi connectivity index (χ4v) is 3.50. The van der Waals surface area contributed by atoms with Gasteiger partial charge in [0.15, 0.2) is 0 Å². The van der Waals surface area contributed by atoms with Crippen LogP contribution in [0, 0.1) is 13.8 Å². The number of thioether (sulfide) groups is 1. The largest absolute Gasteiger partial charge is 0.322 e. The third-order valence-electron chi connectivity index (χ3n) is 4.00. The maximum absolute atomic E-state index is 12.5. The summed E-state index contributed by atoms with van der Waals surface area (Å²) >= 11 is 1.82. The van der Waals surface area contributed by atoms with Crippen molar-refractivity contribution in [1.29, 1.82) is 0 Å². The lowest BCUT2D eigenvalue weighted by Gasteiger charge is -2.12. The Bertz CT molecular complexity index is 691. The first-order valence-corrected chi connectivity index (χ1v) is 9.00. The average molecular weight is 342 g/mol. The van der Waals surface area contributed by atoms with Gasteiger partial charge in [0.1, 0.15) is 0 Å². The number of nitrogens with one attached hydrogen (secondary N) is 4. The fourth-order valence-electron chi connectivity index (χ4n) is 2.57. The predicted octanol–water partition coefficient (Wildman–Crippen LogP) is 2.73. The lowest BCUT2D eigenvalue weighted by molar-refractivity contribution is 0.102. The number of amides is 1. The standard InChI is InChI=1S/C18H22N4OS/c1-12-4-3-5-13(2)17(12)20-18(23)15-8-6-14(7-9-15)11-24-16-10-19-22-21-16/h3-9,16,19,21-22H,10-11H2,1-2H3,(H,20,23). The molecule has 3 rings (SSSR count). The van der Waals surface area contributed by atoms with Gasteiger partial charge in [-0.1, -0.05) is 30.3 Å². The molecule has 24 heavy (non-hydrogen) atoms. The number of hydrogen-bond donors (Lipinski definition) is 4. The van der Waals surface area contributed by atoms with Crippen LogP contribution in [0.25, 0.3) is 0 Å². The van der Waals surface area contributed by atoms with Crippen LogP contribution in [0.5, 0.6) is 0 Å². The molecule has 0 saturated carbocycles. The molecule has 2 aromatic rings. The van der Waals surface area contributed by atoms with Gasteiger partial charge in [-0.05, 0) is 42.7 Å². The molecule has 0 spiro atoms.